The van der Waals surface area contributed by atoms with Crippen molar-refractivity contribution in [1.29, 1.82) is 0 Å². The van der Waals surface area contributed by atoms with Crippen molar-refractivity contribution in [3.63, 3.8) is 0 Å². The maximum absolute atomic E-state index is 12.5. The summed E-state index contributed by atoms with van der Waals surface area (Å²) in [5, 5.41) is 9.38. The molecule has 0 aliphatic carbocycles. The fraction of sp³-hybridized carbons (Fsp3) is 0.240. The summed E-state index contributed by atoms with van der Waals surface area (Å²) in [7, 11) is 0. The van der Waals surface area contributed by atoms with Gasteiger partial charge in [-0.25, -0.2) is 0 Å². The third-order valence-electron chi connectivity index (χ3n) is 4.97. The van der Waals surface area contributed by atoms with Gasteiger partial charge in [0.15, 0.2) is 0 Å². The molecule has 0 aliphatic rings. The summed E-state index contributed by atoms with van der Waals surface area (Å²) in [6.45, 7) is 6.28. The average molecular weight is 417 g/mol. The van der Waals surface area contributed by atoms with E-state index in [1.54, 1.807) is 12.4 Å². The van der Waals surface area contributed by atoms with Gasteiger partial charge in [-0.15, -0.1) is 0 Å². The van der Waals surface area contributed by atoms with E-state index >= 15 is 0 Å². The molecule has 0 fully saturated rings. The Kier molecular flexibility index (Phi) is 7.38. The minimum Gasteiger partial charge on any atom is -0.378 e. The van der Waals surface area contributed by atoms with Gasteiger partial charge in [-0.1, -0.05) is 37.3 Å². The Hall–Kier alpha value is -3.67. The number of rotatable bonds is 8. The molecule has 0 aliphatic heterocycles. The number of carbonyl (C=O) groups excluding carboxylic acids is 2. The van der Waals surface area contributed by atoms with Gasteiger partial charge in [-0.3, -0.25) is 14.6 Å². The van der Waals surface area contributed by atoms with Gasteiger partial charge in [0.25, 0.3) is 5.91 Å². The lowest BCUT2D eigenvalue weighted by Crippen LogP contribution is -2.22. The van der Waals surface area contributed by atoms with Gasteiger partial charge in [0.05, 0.1) is 5.56 Å². The minimum atomic E-state index is -0.189. The molecule has 0 bridgehead atoms. The lowest BCUT2D eigenvalue weighted by atomic mass is 10.1. The van der Waals surface area contributed by atoms with E-state index in [2.05, 4.69) is 27.9 Å². The molecule has 160 valence electrons. The maximum atomic E-state index is 12.5. The molecule has 0 saturated heterocycles. The first-order valence-corrected chi connectivity index (χ1v) is 10.4. The monoisotopic (exact) mass is 416 g/mol. The third-order valence-corrected chi connectivity index (χ3v) is 4.97. The fourth-order valence-electron chi connectivity index (χ4n) is 3.22. The molecule has 0 spiro atoms. The highest BCUT2D eigenvalue weighted by Crippen LogP contribution is 2.24. The maximum Gasteiger partial charge on any atom is 0.257 e. The smallest absolute Gasteiger partial charge is 0.257 e. The van der Waals surface area contributed by atoms with E-state index in [9.17, 15) is 9.59 Å². The first kappa shape index (κ1) is 22.0. The molecule has 1 aromatic heterocycles. The molecule has 0 unspecified atom stereocenters. The standard InChI is InChI=1S/C25H28N4O2/c1-4-24(30)27-16-20-8-5-6-11-23(20)28-18(3)19-9-7-10-22(13-19)29-25(31)21-12-17(2)14-26-15-21/h5-15,18,28H,4,16H2,1-3H3,(H,27,30)(H,29,31)/t18-/m0/s1. The van der Waals surface area contributed by atoms with Crippen molar-refractivity contribution in [3.8, 4) is 0 Å². The lowest BCUT2D eigenvalue weighted by Gasteiger charge is -2.19. The summed E-state index contributed by atoms with van der Waals surface area (Å²) in [5.74, 6) is -0.166. The van der Waals surface area contributed by atoms with Crippen LogP contribution in [-0.2, 0) is 11.3 Å². The Morgan fingerprint density at radius 1 is 1.03 bits per heavy atom. The molecule has 1 heterocycles. The number of benzene rings is 2. The molecule has 0 saturated carbocycles. The van der Waals surface area contributed by atoms with Crippen LogP contribution in [0.25, 0.3) is 0 Å². The molecule has 3 aromatic rings. The van der Waals surface area contributed by atoms with Crippen LogP contribution < -0.4 is 16.0 Å². The van der Waals surface area contributed by atoms with Crippen LogP contribution in [0.2, 0.25) is 0 Å². The molecule has 1 atom stereocenters. The van der Waals surface area contributed by atoms with Crippen molar-refractivity contribution >= 4 is 23.2 Å². The van der Waals surface area contributed by atoms with Gasteiger partial charge in [0.1, 0.15) is 0 Å². The molecule has 0 radical (unpaired) electrons. The van der Waals surface area contributed by atoms with Crippen LogP contribution >= 0.6 is 0 Å². The van der Waals surface area contributed by atoms with Crippen LogP contribution in [0.15, 0.2) is 67.0 Å². The number of nitrogens with zero attached hydrogens (tertiary/aromatic N) is 1. The Morgan fingerprint density at radius 3 is 2.61 bits per heavy atom. The predicted octanol–water partition coefficient (Wildman–Crippen LogP) is 4.84. The number of amides is 2. The van der Waals surface area contributed by atoms with Crippen LogP contribution in [-0.4, -0.2) is 16.8 Å². The van der Waals surface area contributed by atoms with Gasteiger partial charge >= 0.3 is 0 Å². The summed E-state index contributed by atoms with van der Waals surface area (Å²) in [5.41, 5.74) is 5.21. The highest BCUT2D eigenvalue weighted by molar-refractivity contribution is 6.04. The van der Waals surface area contributed by atoms with Gasteiger partial charge in [0.2, 0.25) is 5.91 Å². The van der Waals surface area contributed by atoms with Crippen molar-refractivity contribution in [1.82, 2.24) is 10.3 Å². The van der Waals surface area contributed by atoms with E-state index in [4.69, 9.17) is 0 Å². The number of aromatic nitrogens is 1. The zero-order valence-electron chi connectivity index (χ0n) is 18.1. The molecule has 6 heteroatoms. The second kappa shape index (κ2) is 10.4. The summed E-state index contributed by atoms with van der Waals surface area (Å²) in [4.78, 5) is 28.2. The van der Waals surface area contributed by atoms with Gasteiger partial charge in [-0.05, 0) is 54.8 Å². The number of pyridine rings is 1. The quantitative estimate of drug-likeness (QED) is 0.491. The molecule has 2 amide bonds. The highest BCUT2D eigenvalue weighted by atomic mass is 16.2. The van der Waals surface area contributed by atoms with Crippen LogP contribution in [0, 0.1) is 6.92 Å². The molecule has 6 nitrogen and oxygen atoms in total. The normalized spacial score (nSPS) is 11.5. The Balaban J connectivity index is 1.70. The molecular formula is C25H28N4O2. The van der Waals surface area contributed by atoms with Crippen molar-refractivity contribution in [2.24, 2.45) is 0 Å². The van der Waals surface area contributed by atoms with E-state index in [0.717, 1.165) is 28.1 Å². The van der Waals surface area contributed by atoms with Crippen LogP contribution in [0.3, 0.4) is 0 Å². The van der Waals surface area contributed by atoms with Gasteiger partial charge in [0, 0.05) is 42.8 Å². The molecule has 3 N–H and O–H groups in total. The Morgan fingerprint density at radius 2 is 1.84 bits per heavy atom. The van der Waals surface area contributed by atoms with Crippen molar-refractivity contribution in [3.05, 3.63) is 89.2 Å². The summed E-state index contributed by atoms with van der Waals surface area (Å²) in [6, 6.07) is 17.5. The largest absolute Gasteiger partial charge is 0.378 e. The van der Waals surface area contributed by atoms with E-state index < -0.39 is 0 Å². The second-order valence-electron chi connectivity index (χ2n) is 7.48. The Bertz CT molecular complexity index is 1060. The Labute approximate surface area is 183 Å². The SMILES string of the molecule is CCC(=O)NCc1ccccc1N[C@@H](C)c1cccc(NC(=O)c2cncc(C)c2)c1. The molecule has 31 heavy (non-hydrogen) atoms. The molecule has 3 rings (SSSR count). The number of nitrogens with one attached hydrogen (secondary N) is 3. The van der Waals surface area contributed by atoms with Crippen LogP contribution in [0.1, 0.15) is 53.4 Å². The number of hydrogen-bond donors (Lipinski definition) is 3. The third kappa shape index (κ3) is 6.15. The first-order valence-electron chi connectivity index (χ1n) is 10.4. The minimum absolute atomic E-state index is 0.000477. The van der Waals surface area contributed by atoms with Gasteiger partial charge in [-0.2, -0.15) is 0 Å². The number of aryl methyl sites for hydroxylation is 1. The highest BCUT2D eigenvalue weighted by Gasteiger charge is 2.11. The summed E-state index contributed by atoms with van der Waals surface area (Å²) < 4.78 is 0. The summed E-state index contributed by atoms with van der Waals surface area (Å²) in [6.07, 6.45) is 3.74. The topological polar surface area (TPSA) is 83.1 Å². The number of anilines is 2. The van der Waals surface area contributed by atoms with Crippen molar-refractivity contribution < 1.29 is 9.59 Å². The van der Waals surface area contributed by atoms with E-state index in [1.165, 1.54) is 0 Å². The predicted molar refractivity (Wildman–Crippen MR) is 124 cm³/mol. The van der Waals surface area contributed by atoms with Crippen molar-refractivity contribution in [2.45, 2.75) is 39.8 Å². The zero-order chi connectivity index (χ0) is 22.2. The van der Waals surface area contributed by atoms with Crippen LogP contribution in [0.5, 0.6) is 0 Å². The number of para-hydroxylation sites is 1. The van der Waals surface area contributed by atoms with E-state index in [0.29, 0.717) is 18.5 Å². The molecular weight excluding hydrogens is 388 g/mol. The first-order chi connectivity index (χ1) is 15.0. The van der Waals surface area contributed by atoms with Crippen molar-refractivity contribution in [2.75, 3.05) is 10.6 Å². The molecule has 2 aromatic carbocycles. The van der Waals surface area contributed by atoms with E-state index in [1.807, 2.05) is 68.4 Å². The lowest BCUT2D eigenvalue weighted by molar-refractivity contribution is -0.120. The van der Waals surface area contributed by atoms with Gasteiger partial charge < -0.3 is 16.0 Å². The average Bonchev–Trinajstić information content (AvgIpc) is 2.78. The second-order valence-corrected chi connectivity index (χ2v) is 7.48. The summed E-state index contributed by atoms with van der Waals surface area (Å²) >= 11 is 0. The van der Waals surface area contributed by atoms with Crippen LogP contribution in [0.4, 0.5) is 11.4 Å². The van der Waals surface area contributed by atoms with E-state index in [-0.39, 0.29) is 17.9 Å². The zero-order valence-corrected chi connectivity index (χ0v) is 18.1. The number of carbonyl (C=O) groups is 2. The number of hydrogen-bond acceptors (Lipinski definition) is 4. The fourth-order valence-corrected chi connectivity index (χ4v) is 3.22.